The lowest BCUT2D eigenvalue weighted by Crippen LogP contribution is -2.52. The Kier molecular flexibility index (Phi) is 6.26. The van der Waals surface area contributed by atoms with Crippen molar-refractivity contribution in [1.82, 2.24) is 9.80 Å². The molecule has 0 aliphatic carbocycles. The Morgan fingerprint density at radius 1 is 1.16 bits per heavy atom. The Hall–Kier alpha value is -1.83. The largest absolute Gasteiger partial charge is 0.483 e. The first-order valence-electron chi connectivity index (χ1n) is 7.99. The van der Waals surface area contributed by atoms with Crippen LogP contribution in [0.5, 0.6) is 5.75 Å². The van der Waals surface area contributed by atoms with Gasteiger partial charge in [0.25, 0.3) is 5.91 Å². The molecule has 0 saturated carbocycles. The minimum atomic E-state index is -0.541. The monoisotopic (exact) mass is 416 g/mol. The second-order valence-corrected chi connectivity index (χ2v) is 7.57. The molecule has 1 aromatic rings. The molecular formula is C17H22BrFN2O4. The van der Waals surface area contributed by atoms with Gasteiger partial charge in [-0.25, -0.2) is 9.18 Å². The second-order valence-electron chi connectivity index (χ2n) is 6.71. The molecule has 0 aromatic heterocycles. The molecular weight excluding hydrogens is 395 g/mol. The lowest BCUT2D eigenvalue weighted by molar-refractivity contribution is -0.135. The molecule has 0 N–H and O–H groups in total. The predicted octanol–water partition coefficient (Wildman–Crippen LogP) is 3.05. The first kappa shape index (κ1) is 19.5. The van der Waals surface area contributed by atoms with Crippen LogP contribution in [0, 0.1) is 5.82 Å². The van der Waals surface area contributed by atoms with E-state index in [1.54, 1.807) is 9.80 Å². The molecule has 1 aromatic carbocycles. The molecule has 0 radical (unpaired) electrons. The lowest BCUT2D eigenvalue weighted by atomic mass is 10.2. The van der Waals surface area contributed by atoms with Crippen LogP contribution in [0.15, 0.2) is 22.7 Å². The first-order chi connectivity index (χ1) is 11.7. The van der Waals surface area contributed by atoms with Crippen LogP contribution in [0.1, 0.15) is 20.8 Å². The number of carbonyl (C=O) groups is 2. The number of nitrogens with zero attached hydrogens (tertiary/aromatic N) is 2. The average molecular weight is 417 g/mol. The van der Waals surface area contributed by atoms with E-state index in [2.05, 4.69) is 15.9 Å². The Bertz CT molecular complexity index is 640. The van der Waals surface area contributed by atoms with E-state index in [9.17, 15) is 14.0 Å². The van der Waals surface area contributed by atoms with Crippen LogP contribution < -0.4 is 4.74 Å². The number of carbonyl (C=O) groups excluding carboxylic acids is 2. The summed E-state index contributed by atoms with van der Waals surface area (Å²) in [5.41, 5.74) is -0.541. The number of ether oxygens (including phenoxy) is 2. The number of hydrogen-bond acceptors (Lipinski definition) is 4. The molecule has 0 atom stereocenters. The molecule has 1 fully saturated rings. The van der Waals surface area contributed by atoms with E-state index < -0.39 is 5.60 Å². The summed E-state index contributed by atoms with van der Waals surface area (Å²) in [5, 5.41) is 0. The minimum absolute atomic E-state index is 0.142. The molecule has 2 amide bonds. The van der Waals surface area contributed by atoms with Gasteiger partial charge in [-0.3, -0.25) is 4.79 Å². The maximum absolute atomic E-state index is 13.0. The van der Waals surface area contributed by atoms with Gasteiger partial charge in [0.2, 0.25) is 0 Å². The molecule has 2 rings (SSSR count). The molecule has 1 aliphatic heterocycles. The fourth-order valence-corrected chi connectivity index (χ4v) is 2.75. The third-order valence-corrected chi connectivity index (χ3v) is 4.15. The zero-order chi connectivity index (χ0) is 18.6. The van der Waals surface area contributed by atoms with Gasteiger partial charge in [-0.1, -0.05) is 0 Å². The highest BCUT2D eigenvalue weighted by molar-refractivity contribution is 9.10. The SMILES string of the molecule is CC(C)(C)OC(=O)N1CCN(C(=O)COc2ccc(F)cc2Br)CC1. The van der Waals surface area contributed by atoms with Crippen LogP contribution in [0.2, 0.25) is 0 Å². The van der Waals surface area contributed by atoms with Crippen LogP contribution in [0.25, 0.3) is 0 Å². The van der Waals surface area contributed by atoms with Gasteiger partial charge < -0.3 is 19.3 Å². The zero-order valence-electron chi connectivity index (χ0n) is 14.6. The number of piperazine rings is 1. The summed E-state index contributed by atoms with van der Waals surface area (Å²) in [4.78, 5) is 27.5. The topological polar surface area (TPSA) is 59.1 Å². The third-order valence-electron chi connectivity index (χ3n) is 3.53. The standard InChI is InChI=1S/C17H22BrFN2O4/c1-17(2,3)25-16(23)21-8-6-20(7-9-21)15(22)11-24-14-5-4-12(19)10-13(14)18/h4-5,10H,6-9,11H2,1-3H3. The molecule has 0 unspecified atom stereocenters. The number of amides is 2. The third kappa shape index (κ3) is 5.88. The van der Waals surface area contributed by atoms with Crippen molar-refractivity contribution in [2.24, 2.45) is 0 Å². The van der Waals surface area contributed by atoms with Crippen molar-refractivity contribution in [3.63, 3.8) is 0 Å². The minimum Gasteiger partial charge on any atom is -0.483 e. The summed E-state index contributed by atoms with van der Waals surface area (Å²) < 4.78 is 24.3. The van der Waals surface area contributed by atoms with Crippen molar-refractivity contribution in [2.75, 3.05) is 32.8 Å². The molecule has 1 saturated heterocycles. The second kappa shape index (κ2) is 8.03. The highest BCUT2D eigenvalue weighted by atomic mass is 79.9. The highest BCUT2D eigenvalue weighted by Gasteiger charge is 2.27. The van der Waals surface area contributed by atoms with Crippen molar-refractivity contribution < 1.29 is 23.5 Å². The van der Waals surface area contributed by atoms with Crippen molar-refractivity contribution in [2.45, 2.75) is 26.4 Å². The first-order valence-corrected chi connectivity index (χ1v) is 8.78. The van der Waals surface area contributed by atoms with E-state index in [1.165, 1.54) is 18.2 Å². The molecule has 25 heavy (non-hydrogen) atoms. The molecule has 0 spiro atoms. The maximum atomic E-state index is 13.0. The molecule has 1 aliphatic rings. The van der Waals surface area contributed by atoms with Crippen molar-refractivity contribution in [1.29, 1.82) is 0 Å². The van der Waals surface area contributed by atoms with Gasteiger partial charge in [0.1, 0.15) is 17.2 Å². The fourth-order valence-electron chi connectivity index (χ4n) is 2.29. The summed E-state index contributed by atoms with van der Waals surface area (Å²) in [5.74, 6) is -0.161. The van der Waals surface area contributed by atoms with Crippen molar-refractivity contribution in [3.8, 4) is 5.75 Å². The van der Waals surface area contributed by atoms with Gasteiger partial charge in [0.05, 0.1) is 4.47 Å². The van der Waals surface area contributed by atoms with Gasteiger partial charge in [-0.2, -0.15) is 0 Å². The van der Waals surface area contributed by atoms with Crippen molar-refractivity contribution >= 4 is 27.9 Å². The van der Waals surface area contributed by atoms with E-state index in [0.717, 1.165) is 0 Å². The van der Waals surface area contributed by atoms with Crippen LogP contribution in [-0.4, -0.2) is 60.2 Å². The summed E-state index contributed by atoms with van der Waals surface area (Å²) >= 11 is 3.19. The smallest absolute Gasteiger partial charge is 0.410 e. The molecule has 6 nitrogen and oxygen atoms in total. The van der Waals surface area contributed by atoms with Crippen LogP contribution in [0.3, 0.4) is 0 Å². The maximum Gasteiger partial charge on any atom is 0.410 e. The molecule has 0 bridgehead atoms. The Morgan fingerprint density at radius 2 is 1.76 bits per heavy atom. The van der Waals surface area contributed by atoms with Gasteiger partial charge in [0.15, 0.2) is 6.61 Å². The van der Waals surface area contributed by atoms with E-state index in [4.69, 9.17) is 9.47 Å². The van der Waals surface area contributed by atoms with E-state index >= 15 is 0 Å². The fraction of sp³-hybridized carbons (Fsp3) is 0.529. The van der Waals surface area contributed by atoms with Gasteiger partial charge in [0, 0.05) is 26.2 Å². The highest BCUT2D eigenvalue weighted by Crippen LogP contribution is 2.25. The Balaban J connectivity index is 1.80. The number of benzene rings is 1. The van der Waals surface area contributed by atoms with Gasteiger partial charge >= 0.3 is 6.09 Å². The summed E-state index contributed by atoms with van der Waals surface area (Å²) in [7, 11) is 0. The molecule has 138 valence electrons. The zero-order valence-corrected chi connectivity index (χ0v) is 16.1. The van der Waals surface area contributed by atoms with E-state index in [1.807, 2.05) is 20.8 Å². The van der Waals surface area contributed by atoms with E-state index in [-0.39, 0.29) is 24.4 Å². The number of halogens is 2. The van der Waals surface area contributed by atoms with Crippen LogP contribution in [0.4, 0.5) is 9.18 Å². The molecule has 8 heteroatoms. The summed E-state index contributed by atoms with van der Waals surface area (Å²) in [6, 6.07) is 4.01. The number of rotatable bonds is 3. The van der Waals surface area contributed by atoms with Crippen LogP contribution in [-0.2, 0) is 9.53 Å². The summed E-state index contributed by atoms with van der Waals surface area (Å²) in [6.07, 6.45) is -0.369. The summed E-state index contributed by atoms with van der Waals surface area (Å²) in [6.45, 7) is 6.98. The van der Waals surface area contributed by atoms with Gasteiger partial charge in [-0.15, -0.1) is 0 Å². The Morgan fingerprint density at radius 3 is 2.32 bits per heavy atom. The van der Waals surface area contributed by atoms with Gasteiger partial charge in [-0.05, 0) is 54.9 Å². The number of hydrogen-bond donors (Lipinski definition) is 0. The van der Waals surface area contributed by atoms with Crippen LogP contribution >= 0.6 is 15.9 Å². The van der Waals surface area contributed by atoms with Crippen molar-refractivity contribution in [3.05, 3.63) is 28.5 Å². The lowest BCUT2D eigenvalue weighted by Gasteiger charge is -2.35. The molecule has 1 heterocycles. The predicted molar refractivity (Wildman–Crippen MR) is 94.0 cm³/mol. The average Bonchev–Trinajstić information content (AvgIpc) is 2.52. The van der Waals surface area contributed by atoms with E-state index in [0.29, 0.717) is 36.4 Å². The Labute approximate surface area is 155 Å². The normalized spacial score (nSPS) is 15.1. The quantitative estimate of drug-likeness (QED) is 0.759.